The molecule has 6 heteroatoms. The lowest BCUT2D eigenvalue weighted by atomic mass is 9.90. The summed E-state index contributed by atoms with van der Waals surface area (Å²) in [6.45, 7) is 2.59. The number of halogens is 1. The number of hydrogen-bond acceptors (Lipinski definition) is 3. The van der Waals surface area contributed by atoms with Crippen molar-refractivity contribution in [3.05, 3.63) is 93.9 Å². The summed E-state index contributed by atoms with van der Waals surface area (Å²) in [6, 6.07) is 14.1. The molecule has 2 amide bonds. The topological polar surface area (TPSA) is 62.3 Å². The molecule has 1 aromatic heterocycles. The molecule has 0 unspecified atom stereocenters. The van der Waals surface area contributed by atoms with Crippen molar-refractivity contribution in [3.8, 4) is 0 Å². The van der Waals surface area contributed by atoms with Crippen molar-refractivity contribution in [2.75, 3.05) is 18.5 Å². The normalized spacial score (nSPS) is 13.2. The van der Waals surface area contributed by atoms with Gasteiger partial charge in [0.05, 0.1) is 5.56 Å². The number of rotatable bonds is 4. The SMILES string of the molecule is CNC(=O)c1ccc(Cc2cc3c(cc2C)CCN(c2ccccn2)C3=O)cc1F. The van der Waals surface area contributed by atoms with Crippen LogP contribution in [0.5, 0.6) is 0 Å². The number of carbonyl (C=O) groups excluding carboxylic acids is 2. The van der Waals surface area contributed by atoms with Gasteiger partial charge in [0.15, 0.2) is 0 Å². The van der Waals surface area contributed by atoms with Gasteiger partial charge in [-0.3, -0.25) is 14.5 Å². The Morgan fingerprint density at radius 3 is 2.73 bits per heavy atom. The summed E-state index contributed by atoms with van der Waals surface area (Å²) in [5, 5.41) is 2.43. The third-order valence-electron chi connectivity index (χ3n) is 5.47. The maximum Gasteiger partial charge on any atom is 0.259 e. The zero-order valence-corrected chi connectivity index (χ0v) is 16.9. The molecule has 4 rings (SSSR count). The van der Waals surface area contributed by atoms with Crippen LogP contribution in [0.2, 0.25) is 0 Å². The molecule has 2 heterocycles. The maximum absolute atomic E-state index is 14.3. The van der Waals surface area contributed by atoms with Gasteiger partial charge in [-0.1, -0.05) is 18.2 Å². The zero-order valence-electron chi connectivity index (χ0n) is 16.9. The number of nitrogens with zero attached hydrogens (tertiary/aromatic N) is 2. The summed E-state index contributed by atoms with van der Waals surface area (Å²) in [5.41, 5.74) is 4.46. The van der Waals surface area contributed by atoms with Gasteiger partial charge in [0.2, 0.25) is 0 Å². The lowest BCUT2D eigenvalue weighted by Gasteiger charge is -2.28. The van der Waals surface area contributed by atoms with Crippen LogP contribution in [-0.4, -0.2) is 30.4 Å². The molecule has 152 valence electrons. The van der Waals surface area contributed by atoms with E-state index in [0.717, 1.165) is 28.7 Å². The molecule has 0 aliphatic carbocycles. The second-order valence-corrected chi connectivity index (χ2v) is 7.40. The van der Waals surface area contributed by atoms with E-state index in [1.54, 1.807) is 17.2 Å². The van der Waals surface area contributed by atoms with Crippen LogP contribution in [0.4, 0.5) is 10.2 Å². The molecule has 1 aliphatic rings. The van der Waals surface area contributed by atoms with E-state index >= 15 is 0 Å². The van der Waals surface area contributed by atoms with E-state index in [1.807, 2.05) is 37.3 Å². The molecule has 0 atom stereocenters. The number of aryl methyl sites for hydroxylation is 1. The predicted molar refractivity (Wildman–Crippen MR) is 113 cm³/mol. The van der Waals surface area contributed by atoms with Crippen molar-refractivity contribution < 1.29 is 14.0 Å². The van der Waals surface area contributed by atoms with Gasteiger partial charge in [0.1, 0.15) is 11.6 Å². The highest BCUT2D eigenvalue weighted by Gasteiger charge is 2.27. The van der Waals surface area contributed by atoms with E-state index in [9.17, 15) is 14.0 Å². The number of amides is 2. The second-order valence-electron chi connectivity index (χ2n) is 7.40. The molecular weight excluding hydrogens is 381 g/mol. The summed E-state index contributed by atoms with van der Waals surface area (Å²) in [7, 11) is 1.47. The Morgan fingerprint density at radius 1 is 1.20 bits per heavy atom. The first-order chi connectivity index (χ1) is 14.5. The molecular formula is C24H22FN3O2. The summed E-state index contributed by atoms with van der Waals surface area (Å²) >= 11 is 0. The lowest BCUT2D eigenvalue weighted by Crippen LogP contribution is -2.38. The van der Waals surface area contributed by atoms with Crippen LogP contribution in [-0.2, 0) is 12.8 Å². The molecule has 1 N–H and O–H groups in total. The van der Waals surface area contributed by atoms with E-state index in [0.29, 0.717) is 24.3 Å². The first-order valence-corrected chi connectivity index (χ1v) is 9.83. The smallest absolute Gasteiger partial charge is 0.259 e. The van der Waals surface area contributed by atoms with Crippen LogP contribution in [0.1, 0.15) is 43.0 Å². The minimum atomic E-state index is -0.556. The Balaban J connectivity index is 1.64. The highest BCUT2D eigenvalue weighted by molar-refractivity contribution is 6.07. The Labute approximate surface area is 174 Å². The second kappa shape index (κ2) is 8.06. The quantitative estimate of drug-likeness (QED) is 0.723. The van der Waals surface area contributed by atoms with Crippen molar-refractivity contribution in [1.82, 2.24) is 10.3 Å². The van der Waals surface area contributed by atoms with Gasteiger partial charge >= 0.3 is 0 Å². The lowest BCUT2D eigenvalue weighted by molar-refractivity contribution is 0.0956. The number of aromatic nitrogens is 1. The zero-order chi connectivity index (χ0) is 21.3. The molecule has 2 aromatic carbocycles. The van der Waals surface area contributed by atoms with Crippen LogP contribution in [0.3, 0.4) is 0 Å². The molecule has 0 bridgehead atoms. The average molecular weight is 403 g/mol. The Kier molecular flexibility index (Phi) is 5.31. The number of carbonyl (C=O) groups is 2. The van der Waals surface area contributed by atoms with Gasteiger partial charge < -0.3 is 5.32 Å². The highest BCUT2D eigenvalue weighted by atomic mass is 19.1. The van der Waals surface area contributed by atoms with Crippen molar-refractivity contribution in [2.45, 2.75) is 19.8 Å². The van der Waals surface area contributed by atoms with E-state index in [1.165, 1.54) is 19.2 Å². The van der Waals surface area contributed by atoms with Gasteiger partial charge in [0.25, 0.3) is 11.8 Å². The van der Waals surface area contributed by atoms with E-state index < -0.39 is 11.7 Å². The number of anilines is 1. The number of fused-ring (bicyclic) bond motifs is 1. The average Bonchev–Trinajstić information content (AvgIpc) is 2.75. The third kappa shape index (κ3) is 3.68. The van der Waals surface area contributed by atoms with Gasteiger partial charge in [-0.15, -0.1) is 0 Å². The fourth-order valence-corrected chi connectivity index (χ4v) is 3.83. The molecule has 0 radical (unpaired) electrons. The van der Waals surface area contributed by atoms with E-state index in [2.05, 4.69) is 10.3 Å². The predicted octanol–water partition coefficient (Wildman–Crippen LogP) is 3.68. The van der Waals surface area contributed by atoms with E-state index in [4.69, 9.17) is 0 Å². The molecule has 1 aliphatic heterocycles. The minimum Gasteiger partial charge on any atom is -0.355 e. The van der Waals surface area contributed by atoms with E-state index in [-0.39, 0.29) is 11.5 Å². The molecule has 30 heavy (non-hydrogen) atoms. The fourth-order valence-electron chi connectivity index (χ4n) is 3.83. The molecule has 5 nitrogen and oxygen atoms in total. The first-order valence-electron chi connectivity index (χ1n) is 9.83. The molecule has 3 aromatic rings. The van der Waals surface area contributed by atoms with Crippen molar-refractivity contribution in [1.29, 1.82) is 0 Å². The van der Waals surface area contributed by atoms with Gasteiger partial charge in [-0.05, 0) is 72.4 Å². The maximum atomic E-state index is 14.3. The molecule has 0 saturated heterocycles. The Morgan fingerprint density at radius 2 is 2.03 bits per heavy atom. The van der Waals surface area contributed by atoms with Crippen LogP contribution < -0.4 is 10.2 Å². The fraction of sp³-hybridized carbons (Fsp3) is 0.208. The number of nitrogens with one attached hydrogen (secondary N) is 1. The third-order valence-corrected chi connectivity index (χ3v) is 5.47. The highest BCUT2D eigenvalue weighted by Crippen LogP contribution is 2.27. The molecule has 0 fully saturated rings. The van der Waals surface area contributed by atoms with Crippen molar-refractivity contribution in [3.63, 3.8) is 0 Å². The summed E-state index contributed by atoms with van der Waals surface area (Å²) < 4.78 is 14.3. The van der Waals surface area contributed by atoms with Crippen LogP contribution in [0.25, 0.3) is 0 Å². The Hall–Kier alpha value is -3.54. The number of benzene rings is 2. The monoisotopic (exact) mass is 403 g/mol. The number of pyridine rings is 1. The Bertz CT molecular complexity index is 1130. The summed E-state index contributed by atoms with van der Waals surface area (Å²) in [5.74, 6) is -0.441. The van der Waals surface area contributed by atoms with Crippen LogP contribution >= 0.6 is 0 Å². The summed E-state index contributed by atoms with van der Waals surface area (Å²) in [6.07, 6.45) is 2.91. The first kappa shape index (κ1) is 19.8. The van der Waals surface area contributed by atoms with Gasteiger partial charge in [-0.25, -0.2) is 9.37 Å². The standard InChI is InChI=1S/C24H22FN3O2/c1-15-11-17-8-10-28(22-5-3-4-9-27-22)24(30)20(17)14-18(15)12-16-6-7-19(21(25)13-16)23(29)26-2/h3-7,9,11,13-14H,8,10,12H2,1-2H3,(H,26,29). The summed E-state index contributed by atoms with van der Waals surface area (Å²) in [4.78, 5) is 30.8. The van der Waals surface area contributed by atoms with Gasteiger partial charge in [-0.2, -0.15) is 0 Å². The molecule has 0 spiro atoms. The van der Waals surface area contributed by atoms with Crippen molar-refractivity contribution in [2.24, 2.45) is 0 Å². The van der Waals surface area contributed by atoms with Crippen LogP contribution in [0, 0.1) is 12.7 Å². The van der Waals surface area contributed by atoms with Gasteiger partial charge in [0, 0.05) is 25.4 Å². The number of hydrogen-bond donors (Lipinski definition) is 1. The largest absolute Gasteiger partial charge is 0.355 e. The van der Waals surface area contributed by atoms with Crippen LogP contribution in [0.15, 0.2) is 54.7 Å². The van der Waals surface area contributed by atoms with Crippen molar-refractivity contribution >= 4 is 17.6 Å². The minimum absolute atomic E-state index is 0.0181. The molecule has 0 saturated carbocycles.